The molecule has 0 radical (unpaired) electrons. The first kappa shape index (κ1) is 10.3. The van der Waals surface area contributed by atoms with Crippen molar-refractivity contribution in [3.8, 4) is 6.07 Å². The third kappa shape index (κ3) is 2.61. The molecule has 14 heavy (non-hydrogen) atoms. The summed E-state index contributed by atoms with van der Waals surface area (Å²) in [4.78, 5) is 3.98. The molecule has 0 bridgehead atoms. The summed E-state index contributed by atoms with van der Waals surface area (Å²) in [6.07, 6.45) is 0.647. The summed E-state index contributed by atoms with van der Waals surface area (Å²) in [5.41, 5.74) is 6.10. The molecule has 0 fully saturated rings. The third-order valence-corrected chi connectivity index (χ3v) is 1.67. The number of nitrogens with zero attached hydrogens (tertiary/aromatic N) is 2. The summed E-state index contributed by atoms with van der Waals surface area (Å²) in [5, 5.41) is 20.2. The fourth-order valence-corrected chi connectivity index (χ4v) is 0.953. The van der Waals surface area contributed by atoms with Crippen LogP contribution in [0, 0.1) is 11.3 Å². The predicted molar refractivity (Wildman–Crippen MR) is 53.6 cm³/mol. The average molecular weight is 192 g/mol. The van der Waals surface area contributed by atoms with Crippen LogP contribution in [0.25, 0.3) is 0 Å². The number of aliphatic hydroxyl groups excluding tert-OH is 1. The molecule has 0 saturated heterocycles. The van der Waals surface area contributed by atoms with E-state index in [0.29, 0.717) is 24.5 Å². The Kier molecular flexibility index (Phi) is 3.70. The molecule has 0 saturated carbocycles. The highest BCUT2D eigenvalue weighted by atomic mass is 16.3. The molecule has 0 atom stereocenters. The molecule has 1 rings (SSSR count). The van der Waals surface area contributed by atoms with Crippen molar-refractivity contribution in [3.05, 3.63) is 17.8 Å². The first-order chi connectivity index (χ1) is 6.77. The van der Waals surface area contributed by atoms with Crippen molar-refractivity contribution in [2.75, 3.05) is 24.2 Å². The molecular formula is C9H12N4O. The maximum absolute atomic E-state index is 8.65. The van der Waals surface area contributed by atoms with E-state index in [-0.39, 0.29) is 12.3 Å². The maximum atomic E-state index is 8.65. The van der Waals surface area contributed by atoms with E-state index in [2.05, 4.69) is 10.3 Å². The van der Waals surface area contributed by atoms with Crippen LogP contribution in [0.3, 0.4) is 0 Å². The Morgan fingerprint density at radius 1 is 1.57 bits per heavy atom. The fourth-order valence-electron chi connectivity index (χ4n) is 0.953. The van der Waals surface area contributed by atoms with E-state index in [1.54, 1.807) is 12.1 Å². The highest BCUT2D eigenvalue weighted by molar-refractivity contribution is 5.54. The van der Waals surface area contributed by atoms with Crippen LogP contribution in [0.15, 0.2) is 12.1 Å². The number of nitrogens with one attached hydrogen (secondary N) is 1. The first-order valence-corrected chi connectivity index (χ1v) is 4.29. The van der Waals surface area contributed by atoms with Crippen molar-refractivity contribution in [1.82, 2.24) is 4.98 Å². The van der Waals surface area contributed by atoms with Crippen molar-refractivity contribution < 1.29 is 5.11 Å². The number of hydrogen-bond donors (Lipinski definition) is 3. The molecule has 0 aromatic carbocycles. The Balaban J connectivity index is 2.66. The molecule has 0 amide bonds. The van der Waals surface area contributed by atoms with E-state index in [1.807, 2.05) is 6.07 Å². The van der Waals surface area contributed by atoms with Crippen LogP contribution in [-0.2, 0) is 0 Å². The second kappa shape index (κ2) is 5.04. The summed E-state index contributed by atoms with van der Waals surface area (Å²) in [5.74, 6) is 0.601. The molecular weight excluding hydrogens is 180 g/mol. The number of aliphatic hydroxyl groups is 1. The van der Waals surface area contributed by atoms with Crippen LogP contribution >= 0.6 is 0 Å². The van der Waals surface area contributed by atoms with Gasteiger partial charge < -0.3 is 16.2 Å². The van der Waals surface area contributed by atoms with Gasteiger partial charge in [-0.15, -0.1) is 0 Å². The maximum Gasteiger partial charge on any atom is 0.165 e. The smallest absolute Gasteiger partial charge is 0.165 e. The Bertz CT molecular complexity index is 345. The van der Waals surface area contributed by atoms with Crippen molar-refractivity contribution in [3.63, 3.8) is 0 Å². The quantitative estimate of drug-likeness (QED) is 0.597. The zero-order valence-electron chi connectivity index (χ0n) is 7.70. The molecule has 5 nitrogen and oxygen atoms in total. The molecule has 1 aromatic heterocycles. The standard InChI is InChI=1S/C9H12N4O/c10-6-8-7(11)2-3-9(13-8)12-4-1-5-14/h2-3,14H,1,4-5,11H2,(H,12,13). The molecule has 4 N–H and O–H groups in total. The molecule has 0 spiro atoms. The molecule has 0 aliphatic rings. The minimum atomic E-state index is 0.132. The number of rotatable bonds is 4. The summed E-state index contributed by atoms with van der Waals surface area (Å²) in [6.45, 7) is 0.755. The van der Waals surface area contributed by atoms with Crippen LogP contribution in [0.1, 0.15) is 12.1 Å². The van der Waals surface area contributed by atoms with E-state index in [9.17, 15) is 0 Å². The number of nitrogen functional groups attached to an aromatic ring is 1. The van der Waals surface area contributed by atoms with Gasteiger partial charge in [0.05, 0.1) is 5.69 Å². The van der Waals surface area contributed by atoms with Gasteiger partial charge in [0.25, 0.3) is 0 Å². The largest absolute Gasteiger partial charge is 0.396 e. The zero-order chi connectivity index (χ0) is 10.4. The normalized spacial score (nSPS) is 9.43. The number of aromatic nitrogens is 1. The Morgan fingerprint density at radius 2 is 2.36 bits per heavy atom. The molecule has 0 aliphatic carbocycles. The van der Waals surface area contributed by atoms with Crippen molar-refractivity contribution in [2.45, 2.75) is 6.42 Å². The van der Waals surface area contributed by atoms with E-state index in [0.717, 1.165) is 0 Å². The second-order valence-corrected chi connectivity index (χ2v) is 2.75. The zero-order valence-corrected chi connectivity index (χ0v) is 7.70. The van der Waals surface area contributed by atoms with Gasteiger partial charge in [0.1, 0.15) is 11.9 Å². The minimum Gasteiger partial charge on any atom is -0.396 e. The van der Waals surface area contributed by atoms with Crippen LogP contribution in [0.2, 0.25) is 0 Å². The molecule has 1 heterocycles. The van der Waals surface area contributed by atoms with Gasteiger partial charge in [-0.1, -0.05) is 0 Å². The SMILES string of the molecule is N#Cc1nc(NCCCO)ccc1N. The number of nitrogens with two attached hydrogens (primary N) is 1. The van der Waals surface area contributed by atoms with Gasteiger partial charge in [0.2, 0.25) is 0 Å². The lowest BCUT2D eigenvalue weighted by Gasteiger charge is -2.05. The van der Waals surface area contributed by atoms with Crippen molar-refractivity contribution >= 4 is 11.5 Å². The number of hydrogen-bond acceptors (Lipinski definition) is 5. The summed E-state index contributed by atoms with van der Waals surface area (Å²) < 4.78 is 0. The number of pyridine rings is 1. The molecule has 74 valence electrons. The Morgan fingerprint density at radius 3 is 3.00 bits per heavy atom. The average Bonchev–Trinajstić information content (AvgIpc) is 2.21. The van der Waals surface area contributed by atoms with Gasteiger partial charge in [0.15, 0.2) is 5.69 Å². The Hall–Kier alpha value is -1.80. The number of anilines is 2. The van der Waals surface area contributed by atoms with Crippen molar-refractivity contribution in [1.29, 1.82) is 5.26 Å². The lowest BCUT2D eigenvalue weighted by atomic mass is 10.3. The molecule has 1 aromatic rings. The summed E-state index contributed by atoms with van der Waals surface area (Å²) in [7, 11) is 0. The van der Waals surface area contributed by atoms with E-state index < -0.39 is 0 Å². The van der Waals surface area contributed by atoms with Crippen LogP contribution < -0.4 is 11.1 Å². The minimum absolute atomic E-state index is 0.132. The van der Waals surface area contributed by atoms with Gasteiger partial charge in [0, 0.05) is 13.2 Å². The monoisotopic (exact) mass is 192 g/mol. The van der Waals surface area contributed by atoms with E-state index >= 15 is 0 Å². The van der Waals surface area contributed by atoms with Gasteiger partial charge in [-0.3, -0.25) is 0 Å². The topological polar surface area (TPSA) is 95.0 Å². The highest BCUT2D eigenvalue weighted by Crippen LogP contribution is 2.11. The third-order valence-electron chi connectivity index (χ3n) is 1.67. The number of nitriles is 1. The highest BCUT2D eigenvalue weighted by Gasteiger charge is 2.00. The van der Waals surface area contributed by atoms with Gasteiger partial charge in [-0.2, -0.15) is 5.26 Å². The predicted octanol–water partition coefficient (Wildman–Crippen LogP) is 0.330. The van der Waals surface area contributed by atoms with E-state index in [4.69, 9.17) is 16.1 Å². The second-order valence-electron chi connectivity index (χ2n) is 2.75. The fraction of sp³-hybridized carbons (Fsp3) is 0.333. The lowest BCUT2D eigenvalue weighted by molar-refractivity contribution is 0.292. The van der Waals surface area contributed by atoms with Crippen LogP contribution in [-0.4, -0.2) is 23.2 Å². The van der Waals surface area contributed by atoms with Gasteiger partial charge in [-0.25, -0.2) is 4.98 Å². The summed E-state index contributed by atoms with van der Waals surface area (Å²) in [6, 6.07) is 5.23. The van der Waals surface area contributed by atoms with Crippen LogP contribution in [0.4, 0.5) is 11.5 Å². The molecule has 5 heteroatoms. The summed E-state index contributed by atoms with van der Waals surface area (Å²) >= 11 is 0. The molecule has 0 unspecified atom stereocenters. The van der Waals surface area contributed by atoms with Crippen LogP contribution in [0.5, 0.6) is 0 Å². The Labute approximate surface area is 82.2 Å². The van der Waals surface area contributed by atoms with Crippen molar-refractivity contribution in [2.24, 2.45) is 0 Å². The first-order valence-electron chi connectivity index (χ1n) is 4.29. The van der Waals surface area contributed by atoms with E-state index in [1.165, 1.54) is 0 Å². The lowest BCUT2D eigenvalue weighted by Crippen LogP contribution is -2.06. The van der Waals surface area contributed by atoms with Gasteiger partial charge >= 0.3 is 0 Å². The molecule has 0 aliphatic heterocycles. The van der Waals surface area contributed by atoms with Gasteiger partial charge in [-0.05, 0) is 18.6 Å².